The largest absolute Gasteiger partial charge is 0.512 e. The van der Waals surface area contributed by atoms with Gasteiger partial charge in [-0.2, -0.15) is 0 Å². The molecule has 2 N–H and O–H groups in total. The molecule has 158 valence electrons. The van der Waals surface area contributed by atoms with Gasteiger partial charge < -0.3 is 10.2 Å². The van der Waals surface area contributed by atoms with E-state index in [2.05, 4.69) is 62.3 Å². The van der Waals surface area contributed by atoms with Crippen molar-refractivity contribution in [3.63, 3.8) is 0 Å². The van der Waals surface area contributed by atoms with Crippen LogP contribution in [0.3, 0.4) is 0 Å². The lowest BCUT2D eigenvalue weighted by Crippen LogP contribution is -2.57. The minimum Gasteiger partial charge on any atom is -0.512 e. The molecule has 2 rings (SSSR count). The summed E-state index contributed by atoms with van der Waals surface area (Å²) in [4.78, 5) is 0. The third-order valence-electron chi connectivity index (χ3n) is 7.52. The first-order valence-corrected chi connectivity index (χ1v) is 10.9. The maximum absolute atomic E-state index is 11.4. The zero-order valence-corrected chi connectivity index (χ0v) is 19.6. The van der Waals surface area contributed by atoms with Crippen LogP contribution in [0.4, 0.5) is 0 Å². The number of aliphatic hydroxyl groups is 2. The molecule has 0 heterocycles. The monoisotopic (exact) mass is 386 g/mol. The number of allylic oxidation sites excluding steroid dienone is 8. The van der Waals surface area contributed by atoms with Crippen LogP contribution in [0, 0.1) is 27.6 Å². The maximum Gasteiger partial charge on any atom is 0.0995 e. The van der Waals surface area contributed by atoms with E-state index in [0.29, 0.717) is 11.5 Å². The summed E-state index contributed by atoms with van der Waals surface area (Å²) in [6.45, 7) is 20.1. The van der Waals surface area contributed by atoms with Crippen molar-refractivity contribution >= 4 is 0 Å². The Morgan fingerprint density at radius 2 is 1.14 bits per heavy atom. The molecule has 0 aliphatic heterocycles. The fourth-order valence-electron chi connectivity index (χ4n) is 6.07. The van der Waals surface area contributed by atoms with Crippen LogP contribution in [0.5, 0.6) is 0 Å². The molecular formula is C26H42O2. The van der Waals surface area contributed by atoms with E-state index in [1.807, 2.05) is 24.3 Å². The van der Waals surface area contributed by atoms with Crippen LogP contribution in [-0.2, 0) is 0 Å². The standard InChI is InChI=1S/C26H42O2/c1-10-11-20(25(23(4,5)6)16-18(2)12-14-21(25)27)26(24(7,8)9)17-19(3)13-15-22(26)28/h12-15,20,27-28H,10-11,16-17H2,1-9H3. The van der Waals surface area contributed by atoms with E-state index in [9.17, 15) is 10.2 Å². The molecule has 28 heavy (non-hydrogen) atoms. The Labute approximate surface area is 173 Å². The molecule has 0 fully saturated rings. The highest BCUT2D eigenvalue weighted by Gasteiger charge is 2.63. The maximum atomic E-state index is 11.4. The summed E-state index contributed by atoms with van der Waals surface area (Å²) < 4.78 is 0. The Kier molecular flexibility index (Phi) is 6.06. The Bertz CT molecular complexity index is 661. The second-order valence-corrected chi connectivity index (χ2v) is 11.3. The minimum atomic E-state index is -0.422. The van der Waals surface area contributed by atoms with Crippen molar-refractivity contribution in [3.05, 3.63) is 47.0 Å². The molecule has 2 atom stereocenters. The van der Waals surface area contributed by atoms with E-state index in [4.69, 9.17) is 0 Å². The molecule has 0 aromatic carbocycles. The van der Waals surface area contributed by atoms with Gasteiger partial charge in [0.25, 0.3) is 0 Å². The van der Waals surface area contributed by atoms with Crippen LogP contribution >= 0.6 is 0 Å². The van der Waals surface area contributed by atoms with Crippen molar-refractivity contribution in [2.75, 3.05) is 0 Å². The minimum absolute atomic E-state index is 0.116. The van der Waals surface area contributed by atoms with Crippen molar-refractivity contribution in [2.45, 2.75) is 88.0 Å². The van der Waals surface area contributed by atoms with Gasteiger partial charge in [-0.05, 0) is 62.0 Å². The lowest BCUT2D eigenvalue weighted by Gasteiger charge is -2.61. The molecule has 2 nitrogen and oxygen atoms in total. The van der Waals surface area contributed by atoms with Crippen molar-refractivity contribution in [3.8, 4) is 0 Å². The van der Waals surface area contributed by atoms with Gasteiger partial charge in [0.2, 0.25) is 0 Å². The smallest absolute Gasteiger partial charge is 0.0995 e. The molecule has 0 saturated carbocycles. The van der Waals surface area contributed by atoms with E-state index in [0.717, 1.165) is 25.7 Å². The summed E-state index contributed by atoms with van der Waals surface area (Å²) in [5, 5.41) is 22.9. The first-order valence-electron chi connectivity index (χ1n) is 10.9. The van der Waals surface area contributed by atoms with Crippen molar-refractivity contribution in [1.29, 1.82) is 0 Å². The van der Waals surface area contributed by atoms with E-state index in [1.165, 1.54) is 11.1 Å². The van der Waals surface area contributed by atoms with Crippen molar-refractivity contribution < 1.29 is 10.2 Å². The van der Waals surface area contributed by atoms with Gasteiger partial charge >= 0.3 is 0 Å². The van der Waals surface area contributed by atoms with Gasteiger partial charge in [-0.1, -0.05) is 78.2 Å². The molecule has 0 spiro atoms. The molecule has 0 bridgehead atoms. The summed E-state index contributed by atoms with van der Waals surface area (Å²) in [5.74, 6) is 1.07. The lowest BCUT2D eigenvalue weighted by molar-refractivity contribution is -0.106. The fraction of sp³-hybridized carbons (Fsp3) is 0.692. The third kappa shape index (κ3) is 3.37. The van der Waals surface area contributed by atoms with Crippen LogP contribution < -0.4 is 0 Å². The predicted octanol–water partition coefficient (Wildman–Crippen LogP) is 8.05. The topological polar surface area (TPSA) is 40.5 Å². The predicted molar refractivity (Wildman–Crippen MR) is 120 cm³/mol. The van der Waals surface area contributed by atoms with Gasteiger partial charge in [-0.3, -0.25) is 0 Å². The molecule has 2 heteroatoms. The number of hydrogen-bond acceptors (Lipinski definition) is 2. The van der Waals surface area contributed by atoms with Crippen LogP contribution in [0.1, 0.15) is 88.0 Å². The average Bonchev–Trinajstić information content (AvgIpc) is 2.55. The zero-order chi connectivity index (χ0) is 21.5. The first-order chi connectivity index (χ1) is 12.7. The summed E-state index contributed by atoms with van der Waals surface area (Å²) in [6.07, 6.45) is 11.6. The van der Waals surface area contributed by atoms with Gasteiger partial charge in [0.1, 0.15) is 0 Å². The SMILES string of the molecule is CCCC(C1(C(C)(C)C)CC(C)=CC=C1O)C1(C(C)(C)C)CC(C)=CC=C1O. The molecule has 0 radical (unpaired) electrons. The zero-order valence-electron chi connectivity index (χ0n) is 19.6. The Morgan fingerprint density at radius 3 is 1.43 bits per heavy atom. The van der Waals surface area contributed by atoms with Crippen LogP contribution in [0.2, 0.25) is 0 Å². The molecule has 0 amide bonds. The summed E-state index contributed by atoms with van der Waals surface area (Å²) in [5.41, 5.74) is 1.43. The summed E-state index contributed by atoms with van der Waals surface area (Å²) in [6, 6.07) is 0. The molecular weight excluding hydrogens is 344 g/mol. The molecule has 0 saturated heterocycles. The van der Waals surface area contributed by atoms with E-state index >= 15 is 0 Å². The normalized spacial score (nSPS) is 30.2. The molecule has 2 unspecified atom stereocenters. The van der Waals surface area contributed by atoms with Gasteiger partial charge in [-0.25, -0.2) is 0 Å². The Hall–Kier alpha value is -1.44. The summed E-state index contributed by atoms with van der Waals surface area (Å²) in [7, 11) is 0. The highest BCUT2D eigenvalue weighted by molar-refractivity contribution is 5.36. The van der Waals surface area contributed by atoms with Gasteiger partial charge in [0, 0.05) is 10.8 Å². The van der Waals surface area contributed by atoms with Crippen LogP contribution in [0.15, 0.2) is 47.0 Å². The quantitative estimate of drug-likeness (QED) is 0.513. The molecule has 0 aromatic rings. The number of hydrogen-bond donors (Lipinski definition) is 2. The highest BCUT2D eigenvalue weighted by atomic mass is 16.3. The first kappa shape index (κ1) is 22.8. The van der Waals surface area contributed by atoms with E-state index in [-0.39, 0.29) is 16.7 Å². The number of rotatable bonds is 4. The second-order valence-electron chi connectivity index (χ2n) is 11.3. The molecule has 0 aromatic heterocycles. The Balaban J connectivity index is 2.87. The number of aliphatic hydroxyl groups excluding tert-OH is 2. The lowest BCUT2D eigenvalue weighted by atomic mass is 9.42. The average molecular weight is 387 g/mol. The summed E-state index contributed by atoms with van der Waals surface area (Å²) >= 11 is 0. The molecule has 2 aliphatic rings. The molecule has 2 aliphatic carbocycles. The van der Waals surface area contributed by atoms with Gasteiger partial charge in [0.05, 0.1) is 11.5 Å². The van der Waals surface area contributed by atoms with E-state index < -0.39 is 10.8 Å². The second kappa shape index (κ2) is 7.43. The van der Waals surface area contributed by atoms with Crippen molar-refractivity contribution in [2.24, 2.45) is 27.6 Å². The van der Waals surface area contributed by atoms with Gasteiger partial charge in [-0.15, -0.1) is 0 Å². The van der Waals surface area contributed by atoms with Gasteiger partial charge in [0.15, 0.2) is 0 Å². The highest BCUT2D eigenvalue weighted by Crippen LogP contribution is 2.67. The van der Waals surface area contributed by atoms with Crippen LogP contribution in [-0.4, -0.2) is 10.2 Å². The third-order valence-corrected chi connectivity index (χ3v) is 7.52. The van der Waals surface area contributed by atoms with Crippen LogP contribution in [0.25, 0.3) is 0 Å². The fourth-order valence-corrected chi connectivity index (χ4v) is 6.07. The van der Waals surface area contributed by atoms with E-state index in [1.54, 1.807) is 0 Å². The van der Waals surface area contributed by atoms with Crippen molar-refractivity contribution in [1.82, 2.24) is 0 Å². The Morgan fingerprint density at radius 1 is 0.786 bits per heavy atom.